The first-order valence-corrected chi connectivity index (χ1v) is 9.45. The number of benzene rings is 1. The Hall–Kier alpha value is -0.710. The van der Waals surface area contributed by atoms with E-state index in [1.807, 2.05) is 18.2 Å². The van der Waals surface area contributed by atoms with Crippen LogP contribution in [0.4, 0.5) is 0 Å². The SMILES string of the molecule is CS[C@@H](CNC(=O)[C@H]1CC12CCOCC2)c1cccc(Cl)c1. The van der Waals surface area contributed by atoms with Crippen LogP contribution in [0.3, 0.4) is 0 Å². The minimum Gasteiger partial charge on any atom is -0.381 e. The molecule has 1 aliphatic heterocycles. The van der Waals surface area contributed by atoms with Crippen molar-refractivity contribution in [1.82, 2.24) is 5.32 Å². The number of halogens is 1. The Morgan fingerprint density at radius 2 is 2.27 bits per heavy atom. The summed E-state index contributed by atoms with van der Waals surface area (Å²) in [7, 11) is 0. The Labute approximate surface area is 141 Å². The smallest absolute Gasteiger partial charge is 0.223 e. The lowest BCUT2D eigenvalue weighted by atomic mass is 9.93. The van der Waals surface area contributed by atoms with Gasteiger partial charge in [-0.2, -0.15) is 11.8 Å². The Kier molecular flexibility index (Phi) is 5.00. The molecule has 0 radical (unpaired) electrons. The van der Waals surface area contributed by atoms with E-state index in [2.05, 4.69) is 17.6 Å². The fourth-order valence-electron chi connectivity index (χ4n) is 3.41. The Balaban J connectivity index is 1.54. The van der Waals surface area contributed by atoms with E-state index in [0.717, 1.165) is 43.1 Å². The van der Waals surface area contributed by atoms with Crippen molar-refractivity contribution in [3.05, 3.63) is 34.9 Å². The summed E-state index contributed by atoms with van der Waals surface area (Å²) in [6.07, 6.45) is 5.16. The van der Waals surface area contributed by atoms with Crippen LogP contribution in [0.15, 0.2) is 24.3 Å². The number of ether oxygens (including phenoxy) is 1. The van der Waals surface area contributed by atoms with Gasteiger partial charge in [-0.25, -0.2) is 0 Å². The largest absolute Gasteiger partial charge is 0.381 e. The number of hydrogen-bond donors (Lipinski definition) is 1. The number of carbonyl (C=O) groups is 1. The molecule has 120 valence electrons. The second-order valence-electron chi connectivity index (χ2n) is 6.26. The average Bonchev–Trinajstić information content (AvgIpc) is 3.22. The molecule has 1 saturated carbocycles. The van der Waals surface area contributed by atoms with Crippen LogP contribution in [-0.4, -0.2) is 31.9 Å². The maximum atomic E-state index is 12.4. The van der Waals surface area contributed by atoms with Gasteiger partial charge in [0.15, 0.2) is 0 Å². The van der Waals surface area contributed by atoms with Crippen LogP contribution in [0, 0.1) is 11.3 Å². The van der Waals surface area contributed by atoms with Gasteiger partial charge in [-0.1, -0.05) is 23.7 Å². The first kappa shape index (κ1) is 16.2. The highest BCUT2D eigenvalue weighted by atomic mass is 35.5. The molecule has 5 heteroatoms. The molecule has 1 spiro atoms. The third kappa shape index (κ3) is 3.44. The van der Waals surface area contributed by atoms with Crippen LogP contribution < -0.4 is 5.32 Å². The second-order valence-corrected chi connectivity index (χ2v) is 7.73. The van der Waals surface area contributed by atoms with Gasteiger partial charge in [0, 0.05) is 35.9 Å². The zero-order valence-electron chi connectivity index (χ0n) is 12.8. The lowest BCUT2D eigenvalue weighted by Gasteiger charge is -2.23. The maximum Gasteiger partial charge on any atom is 0.223 e. The minimum absolute atomic E-state index is 0.193. The number of hydrogen-bond acceptors (Lipinski definition) is 3. The highest BCUT2D eigenvalue weighted by molar-refractivity contribution is 7.98. The molecule has 1 heterocycles. The summed E-state index contributed by atoms with van der Waals surface area (Å²) in [5.41, 5.74) is 1.41. The molecule has 3 rings (SSSR count). The Morgan fingerprint density at radius 1 is 1.50 bits per heavy atom. The van der Waals surface area contributed by atoms with E-state index in [4.69, 9.17) is 16.3 Å². The van der Waals surface area contributed by atoms with Crippen LogP contribution in [0.2, 0.25) is 5.02 Å². The minimum atomic E-state index is 0.193. The van der Waals surface area contributed by atoms with Crippen LogP contribution in [-0.2, 0) is 9.53 Å². The van der Waals surface area contributed by atoms with Crippen molar-refractivity contribution in [2.24, 2.45) is 11.3 Å². The summed E-state index contributed by atoms with van der Waals surface area (Å²) in [5.74, 6) is 0.404. The van der Waals surface area contributed by atoms with Crippen molar-refractivity contribution in [1.29, 1.82) is 0 Å². The molecule has 22 heavy (non-hydrogen) atoms. The summed E-state index contributed by atoms with van der Waals surface area (Å²) in [6, 6.07) is 7.88. The highest BCUT2D eigenvalue weighted by Gasteiger charge is 2.57. The van der Waals surface area contributed by atoms with Gasteiger partial charge >= 0.3 is 0 Å². The van der Waals surface area contributed by atoms with E-state index in [-0.39, 0.29) is 22.5 Å². The molecule has 3 nitrogen and oxygen atoms in total. The molecular formula is C17H22ClNO2S. The van der Waals surface area contributed by atoms with Crippen LogP contribution in [0.25, 0.3) is 0 Å². The third-order valence-electron chi connectivity index (χ3n) is 4.96. The zero-order chi connectivity index (χ0) is 15.6. The monoisotopic (exact) mass is 339 g/mol. The number of carbonyl (C=O) groups excluding carboxylic acids is 1. The zero-order valence-corrected chi connectivity index (χ0v) is 14.4. The van der Waals surface area contributed by atoms with Crippen molar-refractivity contribution in [3.8, 4) is 0 Å². The van der Waals surface area contributed by atoms with E-state index in [1.165, 1.54) is 0 Å². The number of nitrogens with one attached hydrogen (secondary N) is 1. The molecule has 1 aromatic rings. The van der Waals surface area contributed by atoms with Gasteiger partial charge < -0.3 is 10.1 Å². The summed E-state index contributed by atoms with van der Waals surface area (Å²) in [5, 5.41) is 4.13. The molecule has 2 fully saturated rings. The summed E-state index contributed by atoms with van der Waals surface area (Å²) >= 11 is 7.80. The van der Waals surface area contributed by atoms with E-state index in [9.17, 15) is 4.79 Å². The van der Waals surface area contributed by atoms with Crippen molar-refractivity contribution in [3.63, 3.8) is 0 Å². The predicted molar refractivity (Wildman–Crippen MR) is 91.3 cm³/mol. The summed E-state index contributed by atoms with van der Waals surface area (Å²) in [4.78, 5) is 12.4. The first-order chi connectivity index (χ1) is 10.6. The normalized spacial score (nSPS) is 24.0. The van der Waals surface area contributed by atoms with Crippen LogP contribution in [0.1, 0.15) is 30.1 Å². The van der Waals surface area contributed by atoms with E-state index in [0.29, 0.717) is 6.54 Å². The second kappa shape index (κ2) is 6.81. The van der Waals surface area contributed by atoms with Gasteiger partial charge in [-0.3, -0.25) is 4.79 Å². The van der Waals surface area contributed by atoms with Gasteiger partial charge in [-0.05, 0) is 48.6 Å². The van der Waals surface area contributed by atoms with Gasteiger partial charge in [0.1, 0.15) is 0 Å². The molecule has 1 saturated heterocycles. The molecule has 2 aliphatic rings. The van der Waals surface area contributed by atoms with Crippen molar-refractivity contribution in [2.45, 2.75) is 24.5 Å². The van der Waals surface area contributed by atoms with Crippen LogP contribution >= 0.6 is 23.4 Å². The molecule has 0 unspecified atom stereocenters. The van der Waals surface area contributed by atoms with Gasteiger partial charge in [-0.15, -0.1) is 0 Å². The number of rotatable bonds is 5. The van der Waals surface area contributed by atoms with Crippen molar-refractivity contribution in [2.75, 3.05) is 26.0 Å². The molecular weight excluding hydrogens is 318 g/mol. The molecule has 0 aromatic heterocycles. The number of amides is 1. The van der Waals surface area contributed by atoms with Gasteiger partial charge in [0.25, 0.3) is 0 Å². The molecule has 1 aliphatic carbocycles. The fourth-order valence-corrected chi connectivity index (χ4v) is 4.28. The van der Waals surface area contributed by atoms with Crippen molar-refractivity contribution >= 4 is 29.3 Å². The van der Waals surface area contributed by atoms with E-state index in [1.54, 1.807) is 11.8 Å². The maximum absolute atomic E-state index is 12.4. The Bertz CT molecular complexity index is 545. The predicted octanol–water partition coefficient (Wildman–Crippen LogP) is 3.68. The fraction of sp³-hybridized carbons (Fsp3) is 0.588. The molecule has 2 atom stereocenters. The van der Waals surface area contributed by atoms with Gasteiger partial charge in [0.05, 0.1) is 0 Å². The molecule has 1 aromatic carbocycles. The van der Waals surface area contributed by atoms with E-state index >= 15 is 0 Å². The third-order valence-corrected chi connectivity index (χ3v) is 6.20. The molecule has 1 N–H and O–H groups in total. The van der Waals surface area contributed by atoms with Gasteiger partial charge in [0.2, 0.25) is 5.91 Å². The number of thioether (sulfide) groups is 1. The lowest BCUT2D eigenvalue weighted by molar-refractivity contribution is -0.123. The quantitative estimate of drug-likeness (QED) is 0.889. The molecule has 1 amide bonds. The highest BCUT2D eigenvalue weighted by Crippen LogP contribution is 2.59. The standard InChI is InChI=1S/C17H22ClNO2S/c1-22-15(12-3-2-4-13(18)9-12)11-19-16(20)14-10-17(14)5-7-21-8-6-17/h2-4,9,14-15H,5-8,10-11H2,1H3,(H,19,20)/t14-,15+/m1/s1. The Morgan fingerprint density at radius 3 is 2.95 bits per heavy atom. The van der Waals surface area contributed by atoms with E-state index < -0.39 is 0 Å². The van der Waals surface area contributed by atoms with Crippen LogP contribution in [0.5, 0.6) is 0 Å². The lowest BCUT2D eigenvalue weighted by Crippen LogP contribution is -2.32. The topological polar surface area (TPSA) is 38.3 Å². The summed E-state index contributed by atoms with van der Waals surface area (Å²) in [6.45, 7) is 2.27. The summed E-state index contributed by atoms with van der Waals surface area (Å²) < 4.78 is 5.41. The average molecular weight is 340 g/mol. The first-order valence-electron chi connectivity index (χ1n) is 7.78. The molecule has 0 bridgehead atoms. The van der Waals surface area contributed by atoms with Crippen molar-refractivity contribution < 1.29 is 9.53 Å².